The van der Waals surface area contributed by atoms with E-state index in [0.29, 0.717) is 12.3 Å². The maximum absolute atomic E-state index is 11.4. The third kappa shape index (κ3) is 3.92. The second-order valence-electron chi connectivity index (χ2n) is 3.64. The van der Waals surface area contributed by atoms with Crippen molar-refractivity contribution in [3.8, 4) is 0 Å². The molecule has 0 unspecified atom stereocenters. The maximum atomic E-state index is 11.4. The molecule has 1 N–H and O–H groups in total. The molecule has 0 saturated heterocycles. The Balaban J connectivity index is 1.73. The molecule has 1 aromatic heterocycles. The van der Waals surface area contributed by atoms with E-state index in [4.69, 9.17) is 9.15 Å². The van der Waals surface area contributed by atoms with E-state index in [0.717, 1.165) is 10.0 Å². The van der Waals surface area contributed by atoms with Gasteiger partial charge in [0.1, 0.15) is 12.4 Å². The number of carbonyl (C=O) groups excluding carboxylic acids is 1. The summed E-state index contributed by atoms with van der Waals surface area (Å²) in [5, 5.41) is 2.60. The number of halogens is 1. The third-order valence-electron chi connectivity index (χ3n) is 2.27. The fourth-order valence-electron chi connectivity index (χ4n) is 1.35. The molecule has 0 aliphatic heterocycles. The molecule has 2 aromatic rings. The third-order valence-corrected chi connectivity index (χ3v) is 2.80. The highest BCUT2D eigenvalue weighted by molar-refractivity contribution is 9.10. The zero-order valence-corrected chi connectivity index (χ0v) is 11.1. The summed E-state index contributed by atoms with van der Waals surface area (Å²) in [6.45, 7) is 0.573. The first-order valence-electron chi connectivity index (χ1n) is 5.41. The highest BCUT2D eigenvalue weighted by Crippen LogP contribution is 2.11. The number of alkyl carbamates (subject to hydrolysis) is 1. The lowest BCUT2D eigenvalue weighted by molar-refractivity contribution is 0.138. The topological polar surface area (TPSA) is 51.5 Å². The van der Waals surface area contributed by atoms with E-state index in [1.807, 2.05) is 24.3 Å². The smallest absolute Gasteiger partial charge is 0.407 e. The monoisotopic (exact) mass is 309 g/mol. The number of hydrogen-bond acceptors (Lipinski definition) is 3. The largest absolute Gasteiger partial charge is 0.467 e. The van der Waals surface area contributed by atoms with Gasteiger partial charge in [0.2, 0.25) is 0 Å². The predicted molar refractivity (Wildman–Crippen MR) is 69.9 cm³/mol. The molecule has 0 aliphatic rings. The summed E-state index contributed by atoms with van der Waals surface area (Å²) in [6, 6.07) is 11.1. The van der Waals surface area contributed by atoms with E-state index in [2.05, 4.69) is 21.2 Å². The van der Waals surface area contributed by atoms with Crippen molar-refractivity contribution < 1.29 is 13.9 Å². The molecule has 0 aliphatic carbocycles. The van der Waals surface area contributed by atoms with Crippen molar-refractivity contribution in [2.75, 3.05) is 0 Å². The van der Waals surface area contributed by atoms with E-state index in [1.165, 1.54) is 0 Å². The summed E-state index contributed by atoms with van der Waals surface area (Å²) in [7, 11) is 0. The number of benzene rings is 1. The van der Waals surface area contributed by atoms with Gasteiger partial charge in [0.15, 0.2) is 0 Å². The number of rotatable bonds is 4. The molecule has 0 atom stereocenters. The average molecular weight is 310 g/mol. The van der Waals surface area contributed by atoms with Crippen molar-refractivity contribution in [1.82, 2.24) is 5.32 Å². The van der Waals surface area contributed by atoms with E-state index in [9.17, 15) is 4.79 Å². The highest BCUT2D eigenvalue weighted by Gasteiger charge is 2.03. The summed E-state index contributed by atoms with van der Waals surface area (Å²) >= 11 is 3.34. The van der Waals surface area contributed by atoms with E-state index in [-0.39, 0.29) is 6.61 Å². The average Bonchev–Trinajstić information content (AvgIpc) is 2.89. The number of hydrogen-bond donors (Lipinski definition) is 1. The number of ether oxygens (including phenoxy) is 1. The van der Waals surface area contributed by atoms with E-state index >= 15 is 0 Å². The van der Waals surface area contributed by atoms with Crippen LogP contribution in [0.5, 0.6) is 0 Å². The zero-order chi connectivity index (χ0) is 12.8. The van der Waals surface area contributed by atoms with Gasteiger partial charge in [-0.15, -0.1) is 0 Å². The summed E-state index contributed by atoms with van der Waals surface area (Å²) < 4.78 is 11.1. The van der Waals surface area contributed by atoms with Gasteiger partial charge < -0.3 is 14.5 Å². The molecule has 18 heavy (non-hydrogen) atoms. The van der Waals surface area contributed by atoms with Gasteiger partial charge in [-0.25, -0.2) is 4.79 Å². The molecule has 4 nitrogen and oxygen atoms in total. The summed E-state index contributed by atoms with van der Waals surface area (Å²) in [4.78, 5) is 11.4. The first kappa shape index (κ1) is 12.7. The first-order chi connectivity index (χ1) is 8.74. The highest BCUT2D eigenvalue weighted by atomic mass is 79.9. The van der Waals surface area contributed by atoms with Gasteiger partial charge in [-0.1, -0.05) is 28.1 Å². The molecule has 1 amide bonds. The number of furan rings is 1. The Bertz CT molecular complexity index is 493. The van der Waals surface area contributed by atoms with Crippen LogP contribution in [0, 0.1) is 0 Å². The Hall–Kier alpha value is -1.75. The van der Waals surface area contributed by atoms with Crippen LogP contribution in [0.15, 0.2) is 51.6 Å². The molecule has 0 fully saturated rings. The van der Waals surface area contributed by atoms with Gasteiger partial charge >= 0.3 is 6.09 Å². The number of carbonyl (C=O) groups is 1. The van der Waals surface area contributed by atoms with Gasteiger partial charge in [-0.3, -0.25) is 0 Å². The molecule has 2 rings (SSSR count). The summed E-state index contributed by atoms with van der Waals surface area (Å²) in [5.41, 5.74) is 0.936. The molecule has 0 radical (unpaired) electrons. The molecular formula is C13H12BrNO3. The Morgan fingerprint density at radius 3 is 2.72 bits per heavy atom. The minimum atomic E-state index is -0.464. The van der Waals surface area contributed by atoms with Crippen LogP contribution in [0.4, 0.5) is 4.79 Å². The molecule has 0 bridgehead atoms. The van der Waals surface area contributed by atoms with Crippen LogP contribution < -0.4 is 5.32 Å². The SMILES string of the molecule is O=C(NCc1ccco1)OCc1ccc(Br)cc1. The molecule has 1 heterocycles. The minimum absolute atomic E-state index is 0.247. The van der Waals surface area contributed by atoms with Crippen LogP contribution in [0.3, 0.4) is 0 Å². The van der Waals surface area contributed by atoms with Crippen LogP contribution in [-0.2, 0) is 17.9 Å². The van der Waals surface area contributed by atoms with E-state index in [1.54, 1.807) is 18.4 Å². The lowest BCUT2D eigenvalue weighted by Gasteiger charge is -2.06. The fraction of sp³-hybridized carbons (Fsp3) is 0.154. The molecule has 0 spiro atoms. The Morgan fingerprint density at radius 1 is 1.28 bits per heavy atom. The van der Waals surface area contributed by atoms with Crippen LogP contribution in [0.1, 0.15) is 11.3 Å². The van der Waals surface area contributed by atoms with Crippen LogP contribution in [0.25, 0.3) is 0 Å². The van der Waals surface area contributed by atoms with Crippen LogP contribution in [0.2, 0.25) is 0 Å². The lowest BCUT2D eigenvalue weighted by atomic mass is 10.2. The molecule has 5 heteroatoms. The quantitative estimate of drug-likeness (QED) is 0.941. The van der Waals surface area contributed by atoms with Gasteiger partial charge in [-0.2, -0.15) is 0 Å². The van der Waals surface area contributed by atoms with Crippen molar-refractivity contribution in [3.63, 3.8) is 0 Å². The normalized spacial score (nSPS) is 10.1. The Labute approximate surface area is 113 Å². The van der Waals surface area contributed by atoms with Gasteiger partial charge in [0.25, 0.3) is 0 Å². The maximum Gasteiger partial charge on any atom is 0.407 e. The molecule has 94 valence electrons. The van der Waals surface area contributed by atoms with Crippen LogP contribution >= 0.6 is 15.9 Å². The van der Waals surface area contributed by atoms with Crippen molar-refractivity contribution in [2.24, 2.45) is 0 Å². The minimum Gasteiger partial charge on any atom is -0.467 e. The standard InChI is InChI=1S/C13H12BrNO3/c14-11-5-3-10(4-6-11)9-18-13(16)15-8-12-2-1-7-17-12/h1-7H,8-9H2,(H,15,16). The van der Waals surface area contributed by atoms with Crippen molar-refractivity contribution in [2.45, 2.75) is 13.2 Å². The Kier molecular flexibility index (Phi) is 4.41. The molecular weight excluding hydrogens is 298 g/mol. The second-order valence-corrected chi connectivity index (χ2v) is 4.55. The predicted octanol–water partition coefficient (Wildman–Crippen LogP) is 3.47. The molecule has 0 saturated carbocycles. The first-order valence-corrected chi connectivity index (χ1v) is 6.21. The second kappa shape index (κ2) is 6.26. The number of nitrogens with one attached hydrogen (secondary N) is 1. The van der Waals surface area contributed by atoms with Gasteiger partial charge in [0.05, 0.1) is 12.8 Å². The van der Waals surface area contributed by atoms with Crippen molar-refractivity contribution >= 4 is 22.0 Å². The summed E-state index contributed by atoms with van der Waals surface area (Å²) in [5.74, 6) is 0.690. The number of amides is 1. The molecule has 1 aromatic carbocycles. The van der Waals surface area contributed by atoms with Gasteiger partial charge in [-0.05, 0) is 29.8 Å². The van der Waals surface area contributed by atoms with Crippen molar-refractivity contribution in [1.29, 1.82) is 0 Å². The lowest BCUT2D eigenvalue weighted by Crippen LogP contribution is -2.23. The van der Waals surface area contributed by atoms with Gasteiger partial charge in [0, 0.05) is 4.47 Å². The zero-order valence-electron chi connectivity index (χ0n) is 9.56. The van der Waals surface area contributed by atoms with Crippen LogP contribution in [-0.4, -0.2) is 6.09 Å². The van der Waals surface area contributed by atoms with Crippen molar-refractivity contribution in [3.05, 3.63) is 58.5 Å². The fourth-order valence-corrected chi connectivity index (χ4v) is 1.62. The Morgan fingerprint density at radius 2 is 2.06 bits per heavy atom. The summed E-state index contributed by atoms with van der Waals surface area (Å²) in [6.07, 6.45) is 1.10. The van der Waals surface area contributed by atoms with E-state index < -0.39 is 6.09 Å².